The number of amides is 3. The summed E-state index contributed by atoms with van der Waals surface area (Å²) in [5.41, 5.74) is 1.89. The first-order valence-electron chi connectivity index (χ1n) is 10.2. The topological polar surface area (TPSA) is 99.0 Å². The highest BCUT2D eigenvalue weighted by molar-refractivity contribution is 5.78. The quantitative estimate of drug-likeness (QED) is 0.543. The van der Waals surface area contributed by atoms with Crippen LogP contribution in [0.1, 0.15) is 12.0 Å². The summed E-state index contributed by atoms with van der Waals surface area (Å²) in [5, 5.41) is 13.7. The highest BCUT2D eigenvalue weighted by Gasteiger charge is 2.22. The van der Waals surface area contributed by atoms with Gasteiger partial charge >= 0.3 is 6.03 Å². The Balaban J connectivity index is 1.39. The third-order valence-electron chi connectivity index (χ3n) is 5.26. The molecule has 3 rings (SSSR count). The van der Waals surface area contributed by atoms with Crippen molar-refractivity contribution in [3.8, 4) is 0 Å². The van der Waals surface area contributed by atoms with Crippen LogP contribution in [0.15, 0.2) is 54.6 Å². The zero-order valence-electron chi connectivity index (χ0n) is 17.6. The molecule has 0 aliphatic carbocycles. The molecule has 2 aromatic carbocycles. The fourth-order valence-corrected chi connectivity index (χ4v) is 3.52. The first-order chi connectivity index (χ1) is 14.9. The van der Waals surface area contributed by atoms with Gasteiger partial charge in [-0.05, 0) is 11.6 Å². The molecular formula is C22H27N5O4. The van der Waals surface area contributed by atoms with Gasteiger partial charge < -0.3 is 20.0 Å². The first-order valence-corrected chi connectivity index (χ1v) is 10.2. The summed E-state index contributed by atoms with van der Waals surface area (Å²) in [6.07, 6.45) is 0.238. The summed E-state index contributed by atoms with van der Waals surface area (Å²) >= 11 is 0. The van der Waals surface area contributed by atoms with Crippen LogP contribution >= 0.6 is 0 Å². The van der Waals surface area contributed by atoms with Crippen LogP contribution in [-0.4, -0.2) is 66.4 Å². The molecule has 0 saturated carbocycles. The van der Waals surface area contributed by atoms with Crippen molar-refractivity contribution in [1.82, 2.24) is 15.1 Å². The molecule has 1 aliphatic heterocycles. The Morgan fingerprint density at radius 2 is 1.77 bits per heavy atom. The summed E-state index contributed by atoms with van der Waals surface area (Å²) in [6, 6.07) is 16.0. The molecule has 9 nitrogen and oxygen atoms in total. The molecule has 31 heavy (non-hydrogen) atoms. The van der Waals surface area contributed by atoms with Crippen LogP contribution in [0, 0.1) is 10.1 Å². The highest BCUT2D eigenvalue weighted by Crippen LogP contribution is 2.22. The monoisotopic (exact) mass is 425 g/mol. The third-order valence-corrected chi connectivity index (χ3v) is 5.26. The van der Waals surface area contributed by atoms with E-state index in [0.29, 0.717) is 32.7 Å². The normalized spacial score (nSPS) is 13.6. The molecule has 9 heteroatoms. The standard InChI is InChI=1S/C22H27N5O4/c1-24(17-18-6-3-2-4-7-18)22(29)23-11-10-21(28)26-14-12-25(13-15-26)19-8-5-9-20(16-19)27(30)31/h2-9,16H,10-15,17H2,1H3,(H,23,29). The zero-order valence-corrected chi connectivity index (χ0v) is 17.6. The molecule has 2 aromatic rings. The van der Waals surface area contributed by atoms with Gasteiger partial charge in [-0.25, -0.2) is 4.79 Å². The highest BCUT2D eigenvalue weighted by atomic mass is 16.6. The zero-order chi connectivity index (χ0) is 22.2. The lowest BCUT2D eigenvalue weighted by molar-refractivity contribution is -0.384. The fourth-order valence-electron chi connectivity index (χ4n) is 3.52. The predicted octanol–water partition coefficient (Wildman–Crippen LogP) is 2.48. The third kappa shape index (κ3) is 6.18. The number of carbonyl (C=O) groups excluding carboxylic acids is 2. The average molecular weight is 425 g/mol. The Labute approximate surface area is 181 Å². The number of anilines is 1. The second-order valence-electron chi connectivity index (χ2n) is 7.47. The minimum absolute atomic E-state index is 0.00953. The molecule has 0 unspecified atom stereocenters. The van der Waals surface area contributed by atoms with E-state index in [2.05, 4.69) is 5.32 Å². The molecule has 3 amide bonds. The van der Waals surface area contributed by atoms with Gasteiger partial charge in [0.15, 0.2) is 0 Å². The number of urea groups is 1. The van der Waals surface area contributed by atoms with Gasteiger partial charge in [-0.3, -0.25) is 14.9 Å². The molecule has 1 heterocycles. The Kier molecular flexibility index (Phi) is 7.42. The number of nitro benzene ring substituents is 1. The van der Waals surface area contributed by atoms with E-state index >= 15 is 0 Å². The molecule has 0 spiro atoms. The smallest absolute Gasteiger partial charge is 0.317 e. The maximum absolute atomic E-state index is 12.5. The van der Waals surface area contributed by atoms with Gasteiger partial charge in [0.2, 0.25) is 5.91 Å². The molecule has 1 aliphatic rings. The van der Waals surface area contributed by atoms with E-state index in [1.807, 2.05) is 41.3 Å². The van der Waals surface area contributed by atoms with E-state index in [1.165, 1.54) is 6.07 Å². The van der Waals surface area contributed by atoms with Gasteiger partial charge in [0.05, 0.1) is 4.92 Å². The summed E-state index contributed by atoms with van der Waals surface area (Å²) in [5.74, 6) is -0.00953. The lowest BCUT2D eigenvalue weighted by atomic mass is 10.2. The van der Waals surface area contributed by atoms with Gasteiger partial charge in [-0.15, -0.1) is 0 Å². The van der Waals surface area contributed by atoms with Crippen LogP contribution in [0.4, 0.5) is 16.2 Å². The SMILES string of the molecule is CN(Cc1ccccc1)C(=O)NCCC(=O)N1CCN(c2cccc([N+](=O)[O-])c2)CC1. The van der Waals surface area contributed by atoms with Crippen molar-refractivity contribution in [3.63, 3.8) is 0 Å². The minimum atomic E-state index is -0.408. The van der Waals surface area contributed by atoms with E-state index in [0.717, 1.165) is 11.3 Å². The van der Waals surface area contributed by atoms with Crippen molar-refractivity contribution in [1.29, 1.82) is 0 Å². The number of non-ortho nitro benzene ring substituents is 1. The molecule has 1 fully saturated rings. The number of nitro groups is 1. The van der Waals surface area contributed by atoms with Crippen LogP contribution in [-0.2, 0) is 11.3 Å². The molecule has 0 atom stereocenters. The molecule has 164 valence electrons. The number of piperazine rings is 1. The summed E-state index contributed by atoms with van der Waals surface area (Å²) in [4.78, 5) is 40.6. The van der Waals surface area contributed by atoms with Crippen LogP contribution in [0.5, 0.6) is 0 Å². The van der Waals surface area contributed by atoms with Crippen LogP contribution in [0.25, 0.3) is 0 Å². The number of carbonyl (C=O) groups is 2. The van der Waals surface area contributed by atoms with Crippen molar-refractivity contribution >= 4 is 23.3 Å². The molecule has 0 bridgehead atoms. The molecule has 0 radical (unpaired) electrons. The maximum atomic E-state index is 12.5. The van der Waals surface area contributed by atoms with Crippen molar-refractivity contribution < 1.29 is 14.5 Å². The number of rotatable bonds is 7. The van der Waals surface area contributed by atoms with Gasteiger partial charge in [0.1, 0.15) is 0 Å². The van der Waals surface area contributed by atoms with Crippen molar-refractivity contribution in [2.75, 3.05) is 44.7 Å². The van der Waals surface area contributed by atoms with Gasteiger partial charge in [0, 0.05) is 70.6 Å². The minimum Gasteiger partial charge on any atom is -0.368 e. The average Bonchev–Trinajstić information content (AvgIpc) is 2.79. The lowest BCUT2D eigenvalue weighted by Crippen LogP contribution is -2.49. The van der Waals surface area contributed by atoms with Gasteiger partial charge in [-0.1, -0.05) is 36.4 Å². The van der Waals surface area contributed by atoms with Crippen LogP contribution in [0.2, 0.25) is 0 Å². The van der Waals surface area contributed by atoms with Crippen LogP contribution < -0.4 is 10.2 Å². The van der Waals surface area contributed by atoms with E-state index in [4.69, 9.17) is 0 Å². The second-order valence-corrected chi connectivity index (χ2v) is 7.47. The summed E-state index contributed by atoms with van der Waals surface area (Å²) in [6.45, 7) is 3.09. The number of benzene rings is 2. The maximum Gasteiger partial charge on any atom is 0.317 e. The summed E-state index contributed by atoms with van der Waals surface area (Å²) in [7, 11) is 1.72. The van der Waals surface area contributed by atoms with Crippen molar-refractivity contribution in [3.05, 3.63) is 70.3 Å². The van der Waals surface area contributed by atoms with Crippen LogP contribution in [0.3, 0.4) is 0 Å². The molecule has 1 saturated heterocycles. The Hall–Kier alpha value is -3.62. The Bertz CT molecular complexity index is 913. The van der Waals surface area contributed by atoms with E-state index in [9.17, 15) is 19.7 Å². The van der Waals surface area contributed by atoms with E-state index in [1.54, 1.807) is 29.0 Å². The number of hydrogen-bond acceptors (Lipinski definition) is 5. The Morgan fingerprint density at radius 1 is 1.06 bits per heavy atom. The number of hydrogen-bond donors (Lipinski definition) is 1. The fraction of sp³-hybridized carbons (Fsp3) is 0.364. The van der Waals surface area contributed by atoms with Gasteiger partial charge in [0.25, 0.3) is 5.69 Å². The van der Waals surface area contributed by atoms with Gasteiger partial charge in [-0.2, -0.15) is 0 Å². The molecule has 1 N–H and O–H groups in total. The lowest BCUT2D eigenvalue weighted by Gasteiger charge is -2.36. The van der Waals surface area contributed by atoms with Crippen molar-refractivity contribution in [2.24, 2.45) is 0 Å². The number of nitrogens with one attached hydrogen (secondary N) is 1. The second kappa shape index (κ2) is 10.4. The van der Waals surface area contributed by atoms with E-state index in [-0.39, 0.29) is 30.6 Å². The largest absolute Gasteiger partial charge is 0.368 e. The predicted molar refractivity (Wildman–Crippen MR) is 118 cm³/mol. The Morgan fingerprint density at radius 3 is 2.45 bits per heavy atom. The van der Waals surface area contributed by atoms with E-state index < -0.39 is 4.92 Å². The molecular weight excluding hydrogens is 398 g/mol. The number of nitrogens with zero attached hydrogens (tertiary/aromatic N) is 4. The first kappa shape index (κ1) is 22.1. The molecule has 0 aromatic heterocycles. The summed E-state index contributed by atoms with van der Waals surface area (Å²) < 4.78 is 0. The van der Waals surface area contributed by atoms with Crippen molar-refractivity contribution in [2.45, 2.75) is 13.0 Å².